The fourth-order valence-corrected chi connectivity index (χ4v) is 17.5. The Labute approximate surface area is 506 Å². The van der Waals surface area contributed by atoms with Gasteiger partial charge in [0.05, 0.1) is 5.75 Å². The Balaban J connectivity index is 0.000000161. The molecule has 81 heavy (non-hydrogen) atoms. The molecule has 0 spiro atoms. The summed E-state index contributed by atoms with van der Waals surface area (Å²) in [6.45, 7) is 8.03. The molecule has 0 saturated heterocycles. The normalized spacial score (nSPS) is 20.0. The number of ketones is 1. The highest BCUT2D eigenvalue weighted by Gasteiger charge is 2.30. The zero-order valence-electron chi connectivity index (χ0n) is 47.2. The molecule has 430 valence electrons. The van der Waals surface area contributed by atoms with Crippen LogP contribution in [0.1, 0.15) is 93.2 Å². The van der Waals surface area contributed by atoms with Crippen molar-refractivity contribution in [3.05, 3.63) is 209 Å². The van der Waals surface area contributed by atoms with Crippen molar-refractivity contribution in [3.63, 3.8) is 0 Å². The van der Waals surface area contributed by atoms with Crippen LogP contribution >= 0.6 is 65.1 Å². The van der Waals surface area contributed by atoms with Gasteiger partial charge in [0.25, 0.3) is 0 Å². The van der Waals surface area contributed by atoms with Crippen LogP contribution in [0.4, 0.5) is 0 Å². The standard InChI is InChI=1S/C25H31N2OPS.C24H29NOS2.C19H26N2S2/c28-29(21-10-3-1-4-11-21,22-12-5-2-6-13-22)18-17-26-24-15-7-8-16-25(24)27-20-23-14-9-19-30-23;1-19(17-27-22-11-4-2-5-12-22)25-24-15-9-8-10-20(24)16-21(26)18-28-23-13-6-3-7-14-23;1-2-7-16(8-3-1)23-14-12-20-18-10-4-5-11-19(18)21-15-17-9-6-13-22-17/h1-6,9-14,19,24-27H,7-8,15-18,20H2;2-7,11-14,20,24-25H,1,8-10,15-18H2;1-3,6-9,13,18-21H,4-5,10-12,14-15H2/t24?,25-;20?,24-;18?,19-/m111/s1. The van der Waals surface area contributed by atoms with Gasteiger partial charge in [-0.1, -0.05) is 172 Å². The Morgan fingerprint density at radius 1 is 0.469 bits per heavy atom. The molecule has 7 nitrogen and oxygen atoms in total. The Kier molecular flexibility index (Phi) is 27.8. The number of hydrogen-bond acceptors (Lipinski definition) is 12. The summed E-state index contributed by atoms with van der Waals surface area (Å²) in [5.41, 5.74) is 1.07. The van der Waals surface area contributed by atoms with Gasteiger partial charge in [0.15, 0.2) is 0 Å². The van der Waals surface area contributed by atoms with E-state index in [1.165, 1.54) is 88.6 Å². The Hall–Kier alpha value is -4.17. The van der Waals surface area contributed by atoms with Crippen LogP contribution in [0.5, 0.6) is 0 Å². The van der Waals surface area contributed by atoms with Crippen molar-refractivity contribution in [3.8, 4) is 0 Å². The zero-order valence-corrected chi connectivity index (χ0v) is 52.2. The lowest BCUT2D eigenvalue weighted by atomic mass is 9.81. The molecule has 2 aromatic heterocycles. The van der Waals surface area contributed by atoms with E-state index >= 15 is 0 Å². The Bertz CT molecular complexity index is 2720. The van der Waals surface area contributed by atoms with E-state index in [2.05, 4.69) is 135 Å². The molecular weight excluding hydrogens is 1110 g/mol. The third kappa shape index (κ3) is 22.1. The van der Waals surface area contributed by atoms with Gasteiger partial charge in [0.2, 0.25) is 0 Å². The van der Waals surface area contributed by atoms with Crippen molar-refractivity contribution < 1.29 is 9.36 Å². The first-order valence-electron chi connectivity index (χ1n) is 29.6. The van der Waals surface area contributed by atoms with E-state index in [4.69, 9.17) is 0 Å². The van der Waals surface area contributed by atoms with Gasteiger partial charge in [0.1, 0.15) is 12.9 Å². The molecule has 0 amide bonds. The third-order valence-corrected chi connectivity index (χ3v) is 23.6. The maximum Gasteiger partial charge on any atom is 0.144 e. The second-order valence-corrected chi connectivity index (χ2v) is 29.8. The molecule has 3 saturated carbocycles. The van der Waals surface area contributed by atoms with Gasteiger partial charge in [0, 0.05) is 121 Å². The summed E-state index contributed by atoms with van der Waals surface area (Å²) in [7, 11) is -2.65. The molecule has 0 aliphatic heterocycles. The maximum atomic E-state index is 14.2. The topological polar surface area (TPSA) is 94.3 Å². The SMILES string of the molecule is C=C(CSc1ccccc1)N[C@@H]1CCCCC1CC(=O)CSc1ccccc1.O=P(CCNC1CCCC[C@H]1NCc1cccs1)(c1ccccc1)c1ccccc1.c1ccc(SCCNC2CCCC[C@H]2NCc2cccs2)cc1. The number of rotatable bonds is 27. The van der Waals surface area contributed by atoms with E-state index in [1.54, 1.807) is 23.5 Å². The number of benzene rings is 5. The second kappa shape index (κ2) is 35.9. The average Bonchev–Trinajstić information content (AvgIpc) is 4.33. The molecular formula is C68H86N5O2PS5. The van der Waals surface area contributed by atoms with Crippen LogP contribution in [-0.2, 0) is 22.4 Å². The summed E-state index contributed by atoms with van der Waals surface area (Å²) in [5, 5.41) is 24.9. The van der Waals surface area contributed by atoms with Crippen molar-refractivity contribution >= 4 is 81.5 Å². The Morgan fingerprint density at radius 2 is 0.877 bits per heavy atom. The van der Waals surface area contributed by atoms with Gasteiger partial charge >= 0.3 is 0 Å². The third-order valence-electron chi connectivity index (χ3n) is 15.6. The van der Waals surface area contributed by atoms with Crippen molar-refractivity contribution in [1.82, 2.24) is 26.6 Å². The van der Waals surface area contributed by atoms with Crippen molar-refractivity contribution in [2.75, 3.05) is 36.5 Å². The first kappa shape index (κ1) is 62.9. The van der Waals surface area contributed by atoms with Gasteiger partial charge in [-0.2, -0.15) is 0 Å². The first-order chi connectivity index (χ1) is 39.9. The summed E-state index contributed by atoms with van der Waals surface area (Å²) in [6.07, 6.45) is 16.3. The van der Waals surface area contributed by atoms with Crippen LogP contribution in [0.25, 0.3) is 0 Å². The number of nitrogens with one attached hydrogen (secondary N) is 5. The van der Waals surface area contributed by atoms with Crippen LogP contribution < -0.4 is 37.2 Å². The van der Waals surface area contributed by atoms with Gasteiger partial charge in [-0.15, -0.1) is 58.0 Å². The number of hydrogen-bond donors (Lipinski definition) is 5. The lowest BCUT2D eigenvalue weighted by Gasteiger charge is -2.33. The van der Waals surface area contributed by atoms with E-state index in [9.17, 15) is 9.36 Å². The molecule has 3 unspecified atom stereocenters. The smallest absolute Gasteiger partial charge is 0.144 e. The number of Topliss-reactive ketones (excluding diaryl/α,β-unsaturated/α-hetero) is 1. The molecule has 3 fully saturated rings. The predicted octanol–water partition coefficient (Wildman–Crippen LogP) is 15.5. The van der Waals surface area contributed by atoms with Gasteiger partial charge in [-0.25, -0.2) is 0 Å². The van der Waals surface area contributed by atoms with Crippen molar-refractivity contribution in [2.24, 2.45) is 5.92 Å². The van der Waals surface area contributed by atoms with E-state index in [0.29, 0.717) is 60.2 Å². The molecule has 3 aliphatic carbocycles. The molecule has 3 aliphatic rings. The summed E-state index contributed by atoms with van der Waals surface area (Å²) < 4.78 is 14.2. The molecule has 10 rings (SSSR count). The monoisotopic (exact) mass is 1200 g/mol. The van der Waals surface area contributed by atoms with E-state index in [0.717, 1.165) is 66.8 Å². The minimum absolute atomic E-state index is 0.358. The molecule has 13 heteroatoms. The van der Waals surface area contributed by atoms with E-state index < -0.39 is 7.14 Å². The number of thiophene rings is 2. The molecule has 5 N–H and O–H groups in total. The molecule has 5 aromatic carbocycles. The maximum absolute atomic E-state index is 14.2. The lowest BCUT2D eigenvalue weighted by Crippen LogP contribution is -2.50. The summed E-state index contributed by atoms with van der Waals surface area (Å²) >= 11 is 9.05. The molecule has 6 atom stereocenters. The average molecular weight is 1200 g/mol. The minimum Gasteiger partial charge on any atom is -0.385 e. The quantitative estimate of drug-likeness (QED) is 0.0195. The summed E-state index contributed by atoms with van der Waals surface area (Å²) in [5.74, 6) is 3.36. The minimum atomic E-state index is -2.65. The fraction of sp³-hybridized carbons (Fsp3) is 0.397. The zero-order chi connectivity index (χ0) is 56.0. The van der Waals surface area contributed by atoms with Crippen LogP contribution in [0, 0.1) is 5.92 Å². The highest BCUT2D eigenvalue weighted by Crippen LogP contribution is 2.43. The predicted molar refractivity (Wildman–Crippen MR) is 354 cm³/mol. The lowest BCUT2D eigenvalue weighted by molar-refractivity contribution is -0.117. The molecule has 2 heterocycles. The van der Waals surface area contributed by atoms with Crippen LogP contribution in [-0.4, -0.2) is 72.5 Å². The van der Waals surface area contributed by atoms with Gasteiger partial charge in [-0.05, 0) is 104 Å². The highest BCUT2D eigenvalue weighted by molar-refractivity contribution is 8.00. The van der Waals surface area contributed by atoms with E-state index in [1.807, 2.05) is 119 Å². The number of carbonyl (C=O) groups is 1. The highest BCUT2D eigenvalue weighted by atomic mass is 32.2. The Morgan fingerprint density at radius 3 is 1.35 bits per heavy atom. The second-order valence-electron chi connectivity index (χ2n) is 21.5. The fourth-order valence-electron chi connectivity index (χ4n) is 11.3. The van der Waals surface area contributed by atoms with Crippen LogP contribution in [0.2, 0.25) is 0 Å². The first-order valence-corrected chi connectivity index (χ1v) is 36.2. The van der Waals surface area contributed by atoms with Crippen LogP contribution in [0.3, 0.4) is 0 Å². The molecule has 0 bridgehead atoms. The van der Waals surface area contributed by atoms with Gasteiger partial charge < -0.3 is 31.1 Å². The van der Waals surface area contributed by atoms with Crippen LogP contribution in [0.15, 0.2) is 214 Å². The largest absolute Gasteiger partial charge is 0.385 e. The van der Waals surface area contributed by atoms with Crippen molar-refractivity contribution in [2.45, 2.75) is 141 Å². The van der Waals surface area contributed by atoms with Gasteiger partial charge in [-0.3, -0.25) is 4.79 Å². The molecule has 7 aromatic rings. The summed E-state index contributed by atoms with van der Waals surface area (Å²) in [4.78, 5) is 19.2. The van der Waals surface area contributed by atoms with Crippen molar-refractivity contribution in [1.29, 1.82) is 0 Å². The molecule has 0 radical (unpaired) electrons. The number of carbonyl (C=O) groups excluding carboxylic acids is 1. The number of thioether (sulfide) groups is 3. The summed E-state index contributed by atoms with van der Waals surface area (Å²) in [6, 6.07) is 62.5. The van der Waals surface area contributed by atoms with E-state index in [-0.39, 0.29) is 0 Å².